The lowest BCUT2D eigenvalue weighted by molar-refractivity contribution is -0.114. The van der Waals surface area contributed by atoms with Gasteiger partial charge in [0.2, 0.25) is 15.7 Å². The van der Waals surface area contributed by atoms with Crippen LogP contribution in [0.4, 0.5) is 22.7 Å². The first-order valence-electron chi connectivity index (χ1n) is 11.0. The van der Waals surface area contributed by atoms with Gasteiger partial charge in [0.15, 0.2) is 0 Å². The zero-order valence-electron chi connectivity index (χ0n) is 20.1. The number of aryl methyl sites for hydroxylation is 1. The molecule has 0 unspecified atom stereocenters. The van der Waals surface area contributed by atoms with E-state index in [9.17, 15) is 31.3 Å². The van der Waals surface area contributed by atoms with Crippen molar-refractivity contribution in [2.75, 3.05) is 11.1 Å². The highest BCUT2D eigenvalue weighted by Gasteiger charge is 2.23. The highest BCUT2D eigenvalue weighted by Crippen LogP contribution is 2.41. The fourth-order valence-electron chi connectivity index (χ4n) is 3.71. The Morgan fingerprint density at radius 3 is 2.21 bits per heavy atom. The van der Waals surface area contributed by atoms with Crippen molar-refractivity contribution in [2.45, 2.75) is 28.5 Å². The standard InChI is InChI=1S/C25H22N4O7S2/c1-14-3-7-18(8-4-14)37(32,33)23-12-17(27-15(2)30)6-10-21(23)28-29-25-20(26)9-5-16-11-19(38(34,35)36)13-22(31)24(16)25/h3-13,31H,26H2,1-2H3,(H,27,30)(H,34,35,36). The van der Waals surface area contributed by atoms with Gasteiger partial charge in [-0.2, -0.15) is 8.42 Å². The second-order valence-electron chi connectivity index (χ2n) is 8.40. The van der Waals surface area contributed by atoms with E-state index in [0.717, 1.165) is 17.7 Å². The van der Waals surface area contributed by atoms with Crippen LogP contribution in [0.5, 0.6) is 5.75 Å². The van der Waals surface area contributed by atoms with Gasteiger partial charge in [0, 0.05) is 18.7 Å². The number of nitrogens with one attached hydrogen (secondary N) is 1. The number of hydrogen-bond donors (Lipinski definition) is 4. The summed E-state index contributed by atoms with van der Waals surface area (Å²) in [6.07, 6.45) is 0. The molecule has 0 atom stereocenters. The molecule has 0 fully saturated rings. The SMILES string of the molecule is CC(=O)Nc1ccc(N=Nc2c(N)ccc3cc(S(=O)(=O)O)cc(O)c23)c(S(=O)(=O)c2ccc(C)cc2)c1. The summed E-state index contributed by atoms with van der Waals surface area (Å²) >= 11 is 0. The van der Waals surface area contributed by atoms with Crippen molar-refractivity contribution in [3.63, 3.8) is 0 Å². The summed E-state index contributed by atoms with van der Waals surface area (Å²) in [6, 6.07) is 15.0. The van der Waals surface area contributed by atoms with Crippen molar-refractivity contribution < 1.29 is 31.3 Å². The lowest BCUT2D eigenvalue weighted by Crippen LogP contribution is -2.08. The van der Waals surface area contributed by atoms with E-state index in [4.69, 9.17) is 5.73 Å². The van der Waals surface area contributed by atoms with Crippen LogP contribution in [0.15, 0.2) is 91.6 Å². The summed E-state index contributed by atoms with van der Waals surface area (Å²) in [6.45, 7) is 3.10. The van der Waals surface area contributed by atoms with Crippen molar-refractivity contribution >= 4 is 59.4 Å². The maximum Gasteiger partial charge on any atom is 0.294 e. The number of azo groups is 1. The number of phenols is 1. The highest BCUT2D eigenvalue weighted by molar-refractivity contribution is 7.91. The van der Waals surface area contributed by atoms with Crippen molar-refractivity contribution in [1.29, 1.82) is 0 Å². The Bertz CT molecular complexity index is 1830. The van der Waals surface area contributed by atoms with E-state index in [-0.39, 0.29) is 43.3 Å². The molecule has 38 heavy (non-hydrogen) atoms. The summed E-state index contributed by atoms with van der Waals surface area (Å²) < 4.78 is 59.5. The van der Waals surface area contributed by atoms with Gasteiger partial charge in [-0.1, -0.05) is 23.8 Å². The van der Waals surface area contributed by atoms with E-state index in [2.05, 4.69) is 15.5 Å². The third kappa shape index (κ3) is 5.34. The predicted molar refractivity (Wildman–Crippen MR) is 141 cm³/mol. The minimum absolute atomic E-state index is 0.000383. The first-order chi connectivity index (χ1) is 17.8. The van der Waals surface area contributed by atoms with Crippen LogP contribution < -0.4 is 11.1 Å². The van der Waals surface area contributed by atoms with Gasteiger partial charge in [-0.05, 0) is 54.8 Å². The Morgan fingerprint density at radius 1 is 0.895 bits per heavy atom. The number of amides is 1. The molecule has 0 saturated heterocycles. The monoisotopic (exact) mass is 554 g/mol. The number of fused-ring (bicyclic) bond motifs is 1. The van der Waals surface area contributed by atoms with E-state index >= 15 is 0 Å². The predicted octanol–water partition coefficient (Wildman–Crippen LogP) is 4.89. The molecule has 11 nitrogen and oxygen atoms in total. The largest absolute Gasteiger partial charge is 0.507 e. The molecule has 0 bridgehead atoms. The molecule has 0 spiro atoms. The minimum Gasteiger partial charge on any atom is -0.507 e. The molecular formula is C25H22N4O7S2. The van der Waals surface area contributed by atoms with Crippen LogP contribution in [-0.4, -0.2) is 32.4 Å². The number of phenolic OH excluding ortho intramolecular Hbond substituents is 1. The van der Waals surface area contributed by atoms with Crippen LogP contribution in [-0.2, 0) is 24.7 Å². The van der Waals surface area contributed by atoms with Crippen molar-refractivity contribution in [1.82, 2.24) is 0 Å². The van der Waals surface area contributed by atoms with Gasteiger partial charge in [0.05, 0.1) is 20.9 Å². The summed E-state index contributed by atoms with van der Waals surface area (Å²) in [5, 5.41) is 21.5. The Kier molecular flexibility index (Phi) is 6.93. The van der Waals surface area contributed by atoms with Crippen LogP contribution in [0.3, 0.4) is 0 Å². The quantitative estimate of drug-likeness (QED) is 0.147. The fourth-order valence-corrected chi connectivity index (χ4v) is 5.66. The van der Waals surface area contributed by atoms with Gasteiger partial charge < -0.3 is 16.2 Å². The second-order valence-corrected chi connectivity index (χ2v) is 11.7. The van der Waals surface area contributed by atoms with Crippen LogP contribution in [0.25, 0.3) is 10.8 Å². The Hall–Kier alpha value is -4.33. The molecule has 0 aromatic heterocycles. The maximum atomic E-state index is 13.5. The van der Waals surface area contributed by atoms with E-state index in [1.54, 1.807) is 12.1 Å². The third-order valence-corrected chi connectivity index (χ3v) is 8.16. The lowest BCUT2D eigenvalue weighted by atomic mass is 10.1. The number of carbonyl (C=O) groups excluding carboxylic acids is 1. The van der Waals surface area contributed by atoms with Gasteiger partial charge in [-0.15, -0.1) is 10.2 Å². The Morgan fingerprint density at radius 2 is 1.58 bits per heavy atom. The van der Waals surface area contributed by atoms with Gasteiger partial charge in [0.25, 0.3) is 10.1 Å². The van der Waals surface area contributed by atoms with Crippen LogP contribution in [0, 0.1) is 6.92 Å². The number of hydrogen-bond acceptors (Lipinski definition) is 9. The van der Waals surface area contributed by atoms with Gasteiger partial charge in [-0.25, -0.2) is 8.42 Å². The molecular weight excluding hydrogens is 532 g/mol. The molecule has 1 amide bonds. The number of benzene rings is 4. The maximum absolute atomic E-state index is 13.5. The van der Waals surface area contributed by atoms with Gasteiger partial charge >= 0.3 is 0 Å². The van der Waals surface area contributed by atoms with E-state index in [0.29, 0.717) is 0 Å². The first-order valence-corrected chi connectivity index (χ1v) is 13.9. The number of anilines is 2. The second kappa shape index (κ2) is 9.85. The fraction of sp³-hybridized carbons (Fsp3) is 0.0800. The molecule has 0 aliphatic rings. The van der Waals surface area contributed by atoms with E-state index < -0.39 is 36.5 Å². The highest BCUT2D eigenvalue weighted by atomic mass is 32.2. The first kappa shape index (κ1) is 26.7. The third-order valence-electron chi connectivity index (χ3n) is 5.53. The van der Waals surface area contributed by atoms with Crippen LogP contribution >= 0.6 is 0 Å². The number of aromatic hydroxyl groups is 1. The van der Waals surface area contributed by atoms with Crippen LogP contribution in [0.1, 0.15) is 12.5 Å². The molecule has 0 heterocycles. The zero-order valence-corrected chi connectivity index (χ0v) is 21.7. The molecule has 4 aromatic carbocycles. The summed E-state index contributed by atoms with van der Waals surface area (Å²) in [5.74, 6) is -0.939. The van der Waals surface area contributed by atoms with E-state index in [1.807, 2.05) is 6.92 Å². The number of carbonyl (C=O) groups is 1. The smallest absolute Gasteiger partial charge is 0.294 e. The Balaban J connectivity index is 1.90. The average Bonchev–Trinajstić information content (AvgIpc) is 2.83. The number of nitrogens with two attached hydrogens (primary N) is 1. The number of nitrogens with zero attached hydrogens (tertiary/aromatic N) is 2. The molecule has 0 saturated carbocycles. The van der Waals surface area contributed by atoms with Gasteiger partial charge in [0.1, 0.15) is 22.0 Å². The topological polar surface area (TPSA) is 189 Å². The summed E-state index contributed by atoms with van der Waals surface area (Å²) in [5.41, 5.74) is 7.07. The number of sulfone groups is 1. The average molecular weight is 555 g/mol. The summed E-state index contributed by atoms with van der Waals surface area (Å²) in [4.78, 5) is 10.8. The molecule has 196 valence electrons. The normalized spacial score (nSPS) is 12.2. The molecule has 0 aliphatic heterocycles. The van der Waals surface area contributed by atoms with Gasteiger partial charge in [-0.3, -0.25) is 9.35 Å². The number of rotatable bonds is 6. The van der Waals surface area contributed by atoms with Crippen molar-refractivity contribution in [3.05, 3.63) is 72.3 Å². The number of nitrogen functional groups attached to an aromatic ring is 1. The molecule has 5 N–H and O–H groups in total. The molecule has 13 heteroatoms. The summed E-state index contributed by atoms with van der Waals surface area (Å²) in [7, 11) is -8.71. The Labute approximate surface area is 218 Å². The molecule has 0 aliphatic carbocycles. The van der Waals surface area contributed by atoms with Crippen molar-refractivity contribution in [2.24, 2.45) is 10.2 Å². The van der Waals surface area contributed by atoms with Crippen LogP contribution in [0.2, 0.25) is 0 Å². The van der Waals surface area contributed by atoms with Crippen molar-refractivity contribution in [3.8, 4) is 5.75 Å². The zero-order chi connectivity index (χ0) is 27.8. The molecule has 4 aromatic rings. The van der Waals surface area contributed by atoms with E-state index in [1.165, 1.54) is 49.4 Å². The molecule has 4 rings (SSSR count). The molecule has 0 radical (unpaired) electrons. The minimum atomic E-state index is -4.60. The lowest BCUT2D eigenvalue weighted by Gasteiger charge is -2.11.